The number of nitrogens with two attached hydrogens (primary N) is 2. The standard InChI is InChI=1S/C16H13N3OS/c17-12-8-14(15(18)20)16(19-9-12)21-13-6-5-10-3-1-2-4-11(10)7-13/h1-9H,17H2,(H2,18,20). The summed E-state index contributed by atoms with van der Waals surface area (Å²) >= 11 is 1.40. The number of carbonyl (C=O) groups excluding carboxylic acids is 1. The molecule has 4 nitrogen and oxygen atoms in total. The molecule has 0 bridgehead atoms. The Balaban J connectivity index is 2.00. The van der Waals surface area contributed by atoms with Gasteiger partial charge >= 0.3 is 0 Å². The van der Waals surface area contributed by atoms with Crippen molar-refractivity contribution in [3.8, 4) is 0 Å². The van der Waals surface area contributed by atoms with E-state index >= 15 is 0 Å². The van der Waals surface area contributed by atoms with Gasteiger partial charge in [0.15, 0.2) is 0 Å². The topological polar surface area (TPSA) is 82.0 Å². The summed E-state index contributed by atoms with van der Waals surface area (Å²) in [5.74, 6) is -0.530. The molecule has 0 aliphatic heterocycles. The normalized spacial score (nSPS) is 10.7. The minimum atomic E-state index is -0.530. The number of benzene rings is 2. The van der Waals surface area contributed by atoms with Crippen LogP contribution in [0.3, 0.4) is 0 Å². The van der Waals surface area contributed by atoms with Gasteiger partial charge in [-0.25, -0.2) is 4.98 Å². The number of aromatic nitrogens is 1. The minimum Gasteiger partial charge on any atom is -0.397 e. The van der Waals surface area contributed by atoms with Gasteiger partial charge in [-0.05, 0) is 29.0 Å². The third-order valence-electron chi connectivity index (χ3n) is 3.07. The van der Waals surface area contributed by atoms with Gasteiger partial charge in [0.2, 0.25) is 0 Å². The number of nitrogen functional groups attached to an aromatic ring is 1. The first-order valence-electron chi connectivity index (χ1n) is 6.35. The number of amides is 1. The molecule has 0 spiro atoms. The van der Waals surface area contributed by atoms with Crippen molar-refractivity contribution >= 4 is 34.1 Å². The van der Waals surface area contributed by atoms with Gasteiger partial charge in [-0.3, -0.25) is 4.79 Å². The molecule has 0 radical (unpaired) electrons. The fourth-order valence-corrected chi connectivity index (χ4v) is 2.99. The summed E-state index contributed by atoms with van der Waals surface area (Å²) in [5.41, 5.74) is 11.8. The predicted octanol–water partition coefficient (Wildman–Crippen LogP) is 3.07. The summed E-state index contributed by atoms with van der Waals surface area (Å²) in [7, 11) is 0. The van der Waals surface area contributed by atoms with Crippen LogP contribution in [0.5, 0.6) is 0 Å². The van der Waals surface area contributed by atoms with Crippen LogP contribution in [0.15, 0.2) is 64.6 Å². The van der Waals surface area contributed by atoms with Crippen LogP contribution >= 0.6 is 11.8 Å². The monoisotopic (exact) mass is 295 g/mol. The highest BCUT2D eigenvalue weighted by Gasteiger charge is 2.12. The van der Waals surface area contributed by atoms with Crippen LogP contribution in [-0.2, 0) is 0 Å². The molecule has 3 aromatic rings. The molecule has 104 valence electrons. The highest BCUT2D eigenvalue weighted by molar-refractivity contribution is 7.99. The van der Waals surface area contributed by atoms with Crippen molar-refractivity contribution < 1.29 is 4.79 Å². The Hall–Kier alpha value is -2.53. The smallest absolute Gasteiger partial charge is 0.251 e. The number of fused-ring (bicyclic) bond motifs is 1. The summed E-state index contributed by atoms with van der Waals surface area (Å²) in [6.07, 6.45) is 1.52. The number of primary amides is 1. The van der Waals surface area contributed by atoms with Crippen LogP contribution in [-0.4, -0.2) is 10.9 Å². The Bertz CT molecular complexity index is 833. The first-order chi connectivity index (χ1) is 10.1. The summed E-state index contributed by atoms with van der Waals surface area (Å²) in [6, 6.07) is 15.7. The van der Waals surface area contributed by atoms with Gasteiger partial charge in [-0.1, -0.05) is 42.1 Å². The molecule has 5 heteroatoms. The Morgan fingerprint density at radius 1 is 1.05 bits per heavy atom. The van der Waals surface area contributed by atoms with E-state index in [-0.39, 0.29) is 0 Å². The van der Waals surface area contributed by atoms with Crippen molar-refractivity contribution in [1.82, 2.24) is 4.98 Å². The van der Waals surface area contributed by atoms with E-state index in [0.29, 0.717) is 16.3 Å². The van der Waals surface area contributed by atoms with Crippen LogP contribution < -0.4 is 11.5 Å². The highest BCUT2D eigenvalue weighted by atomic mass is 32.2. The molecule has 21 heavy (non-hydrogen) atoms. The SMILES string of the molecule is NC(=O)c1cc(N)cnc1Sc1ccc2ccccc2c1. The lowest BCUT2D eigenvalue weighted by Crippen LogP contribution is -2.13. The zero-order valence-corrected chi connectivity index (χ0v) is 11.9. The average molecular weight is 295 g/mol. The average Bonchev–Trinajstić information content (AvgIpc) is 2.49. The third-order valence-corrected chi connectivity index (χ3v) is 4.08. The summed E-state index contributed by atoms with van der Waals surface area (Å²) in [5, 5.41) is 2.87. The molecule has 0 unspecified atom stereocenters. The quantitative estimate of drug-likeness (QED) is 0.778. The molecule has 0 saturated carbocycles. The van der Waals surface area contributed by atoms with Crippen LogP contribution in [0.4, 0.5) is 5.69 Å². The Morgan fingerprint density at radius 3 is 2.57 bits per heavy atom. The van der Waals surface area contributed by atoms with E-state index in [1.54, 1.807) is 6.07 Å². The Kier molecular flexibility index (Phi) is 3.50. The zero-order valence-electron chi connectivity index (χ0n) is 11.1. The van der Waals surface area contributed by atoms with E-state index in [0.717, 1.165) is 10.3 Å². The fraction of sp³-hybridized carbons (Fsp3) is 0. The maximum Gasteiger partial charge on any atom is 0.251 e. The Morgan fingerprint density at radius 2 is 1.81 bits per heavy atom. The van der Waals surface area contributed by atoms with Crippen LogP contribution in [0.1, 0.15) is 10.4 Å². The van der Waals surface area contributed by atoms with Gasteiger partial charge in [-0.2, -0.15) is 0 Å². The number of carbonyl (C=O) groups is 1. The lowest BCUT2D eigenvalue weighted by atomic mass is 10.1. The second kappa shape index (κ2) is 5.46. The molecule has 0 atom stereocenters. The van der Waals surface area contributed by atoms with Crippen molar-refractivity contribution in [2.75, 3.05) is 5.73 Å². The van der Waals surface area contributed by atoms with Crippen molar-refractivity contribution in [2.45, 2.75) is 9.92 Å². The lowest BCUT2D eigenvalue weighted by molar-refractivity contribution is 0.0997. The number of nitrogens with zero attached hydrogens (tertiary/aromatic N) is 1. The van der Waals surface area contributed by atoms with Gasteiger partial charge in [0.25, 0.3) is 5.91 Å². The van der Waals surface area contributed by atoms with Crippen molar-refractivity contribution in [3.63, 3.8) is 0 Å². The number of pyridine rings is 1. The predicted molar refractivity (Wildman–Crippen MR) is 85.2 cm³/mol. The van der Waals surface area contributed by atoms with Gasteiger partial charge in [0, 0.05) is 4.90 Å². The molecule has 1 amide bonds. The van der Waals surface area contributed by atoms with E-state index in [1.165, 1.54) is 23.3 Å². The summed E-state index contributed by atoms with van der Waals surface area (Å²) in [6.45, 7) is 0. The van der Waals surface area contributed by atoms with E-state index in [2.05, 4.69) is 17.1 Å². The van der Waals surface area contributed by atoms with E-state index in [4.69, 9.17) is 11.5 Å². The first-order valence-corrected chi connectivity index (χ1v) is 7.17. The fourth-order valence-electron chi connectivity index (χ4n) is 2.07. The van der Waals surface area contributed by atoms with Crippen molar-refractivity contribution in [2.24, 2.45) is 5.73 Å². The molecule has 0 saturated heterocycles. The first kappa shape index (κ1) is 13.5. The lowest BCUT2D eigenvalue weighted by Gasteiger charge is -2.07. The number of rotatable bonds is 3. The molecule has 0 aliphatic carbocycles. The molecular formula is C16H13N3OS. The van der Waals surface area contributed by atoms with Crippen LogP contribution in [0.25, 0.3) is 10.8 Å². The zero-order chi connectivity index (χ0) is 14.8. The largest absolute Gasteiger partial charge is 0.397 e. The van der Waals surface area contributed by atoms with Gasteiger partial charge < -0.3 is 11.5 Å². The van der Waals surface area contributed by atoms with Gasteiger partial charge in [-0.15, -0.1) is 0 Å². The van der Waals surface area contributed by atoms with Crippen LogP contribution in [0, 0.1) is 0 Å². The van der Waals surface area contributed by atoms with E-state index < -0.39 is 5.91 Å². The molecule has 4 N–H and O–H groups in total. The molecule has 0 aliphatic rings. The van der Waals surface area contributed by atoms with E-state index in [1.807, 2.05) is 30.3 Å². The van der Waals surface area contributed by atoms with E-state index in [9.17, 15) is 4.79 Å². The molecular weight excluding hydrogens is 282 g/mol. The third kappa shape index (κ3) is 2.83. The minimum absolute atomic E-state index is 0.341. The maximum atomic E-state index is 11.5. The Labute approximate surface area is 126 Å². The number of anilines is 1. The summed E-state index contributed by atoms with van der Waals surface area (Å²) < 4.78 is 0. The second-order valence-electron chi connectivity index (χ2n) is 4.60. The van der Waals surface area contributed by atoms with Crippen molar-refractivity contribution in [3.05, 3.63) is 60.3 Å². The van der Waals surface area contributed by atoms with Crippen LogP contribution in [0.2, 0.25) is 0 Å². The highest BCUT2D eigenvalue weighted by Crippen LogP contribution is 2.31. The maximum absolute atomic E-state index is 11.5. The molecule has 0 fully saturated rings. The molecule has 1 aromatic heterocycles. The molecule has 3 rings (SSSR count). The number of hydrogen-bond donors (Lipinski definition) is 2. The molecule has 1 heterocycles. The molecule has 2 aromatic carbocycles. The number of hydrogen-bond acceptors (Lipinski definition) is 4. The van der Waals surface area contributed by atoms with Gasteiger partial charge in [0.1, 0.15) is 5.03 Å². The summed E-state index contributed by atoms with van der Waals surface area (Å²) in [4.78, 5) is 16.7. The van der Waals surface area contributed by atoms with Crippen molar-refractivity contribution in [1.29, 1.82) is 0 Å². The van der Waals surface area contributed by atoms with Gasteiger partial charge in [0.05, 0.1) is 17.4 Å². The second-order valence-corrected chi connectivity index (χ2v) is 5.66.